The standard InChI is InChI=1S/C16H14INO/c1-11-7-13-9-18-16(17)14(13)8-15(11)19-10-12-5-3-2-4-6-12/h2-8H,9-10H2,1H3. The van der Waals surface area contributed by atoms with Crippen molar-refractivity contribution in [3.63, 3.8) is 0 Å². The van der Waals surface area contributed by atoms with Gasteiger partial charge >= 0.3 is 0 Å². The summed E-state index contributed by atoms with van der Waals surface area (Å²) in [4.78, 5) is 4.45. The van der Waals surface area contributed by atoms with Crippen molar-refractivity contribution in [2.75, 3.05) is 0 Å². The van der Waals surface area contributed by atoms with Gasteiger partial charge in [-0.3, -0.25) is 4.99 Å². The molecule has 96 valence electrons. The zero-order valence-corrected chi connectivity index (χ0v) is 12.8. The van der Waals surface area contributed by atoms with Crippen molar-refractivity contribution in [2.45, 2.75) is 20.1 Å². The van der Waals surface area contributed by atoms with Crippen LogP contribution in [0.25, 0.3) is 0 Å². The Morgan fingerprint density at radius 3 is 2.79 bits per heavy atom. The first-order valence-corrected chi connectivity index (χ1v) is 7.32. The van der Waals surface area contributed by atoms with Crippen LogP contribution < -0.4 is 4.74 Å². The van der Waals surface area contributed by atoms with Crippen LogP contribution in [-0.4, -0.2) is 3.72 Å². The Morgan fingerprint density at radius 2 is 2.00 bits per heavy atom. The first kappa shape index (κ1) is 12.7. The lowest BCUT2D eigenvalue weighted by Crippen LogP contribution is -1.99. The Hall–Kier alpha value is -1.36. The molecular weight excluding hydrogens is 349 g/mol. The highest BCUT2D eigenvalue weighted by Crippen LogP contribution is 2.30. The average molecular weight is 363 g/mol. The number of aliphatic imine (C=N–C) groups is 1. The van der Waals surface area contributed by atoms with Crippen LogP contribution in [0.4, 0.5) is 0 Å². The lowest BCUT2D eigenvalue weighted by molar-refractivity contribution is 0.304. The molecule has 0 radical (unpaired) electrons. The molecule has 1 aliphatic heterocycles. The summed E-state index contributed by atoms with van der Waals surface area (Å²) in [5.41, 5.74) is 4.88. The number of halogens is 1. The third kappa shape index (κ3) is 2.66. The minimum absolute atomic E-state index is 0.605. The molecule has 2 aromatic carbocycles. The summed E-state index contributed by atoms with van der Waals surface area (Å²) in [5.74, 6) is 0.953. The molecule has 0 bridgehead atoms. The van der Waals surface area contributed by atoms with Crippen molar-refractivity contribution in [3.05, 3.63) is 64.7 Å². The molecule has 0 N–H and O–H groups in total. The molecule has 2 aromatic rings. The van der Waals surface area contributed by atoms with E-state index in [-0.39, 0.29) is 0 Å². The molecule has 0 saturated heterocycles. The molecule has 0 atom stereocenters. The van der Waals surface area contributed by atoms with E-state index in [0.29, 0.717) is 6.61 Å². The van der Waals surface area contributed by atoms with Gasteiger partial charge < -0.3 is 4.74 Å². The number of aryl methyl sites for hydroxylation is 1. The Bertz CT molecular complexity index is 635. The predicted molar refractivity (Wildman–Crippen MR) is 86.2 cm³/mol. The van der Waals surface area contributed by atoms with E-state index in [4.69, 9.17) is 4.74 Å². The molecule has 0 fully saturated rings. The van der Waals surface area contributed by atoms with Crippen molar-refractivity contribution in [1.82, 2.24) is 0 Å². The van der Waals surface area contributed by atoms with E-state index in [9.17, 15) is 0 Å². The van der Waals surface area contributed by atoms with Crippen molar-refractivity contribution in [2.24, 2.45) is 4.99 Å². The van der Waals surface area contributed by atoms with Gasteiger partial charge in [-0.25, -0.2) is 0 Å². The first-order chi connectivity index (χ1) is 9.24. The van der Waals surface area contributed by atoms with E-state index in [1.807, 2.05) is 18.2 Å². The van der Waals surface area contributed by atoms with Gasteiger partial charge in [0, 0.05) is 5.56 Å². The zero-order valence-electron chi connectivity index (χ0n) is 10.7. The second-order valence-corrected chi connectivity index (χ2v) is 5.68. The molecule has 0 amide bonds. The van der Waals surface area contributed by atoms with Crippen LogP contribution in [0.1, 0.15) is 22.3 Å². The van der Waals surface area contributed by atoms with Gasteiger partial charge in [0.25, 0.3) is 0 Å². The fourth-order valence-corrected chi connectivity index (χ4v) is 2.87. The van der Waals surface area contributed by atoms with Crippen LogP contribution in [0.2, 0.25) is 0 Å². The number of hydrogen-bond donors (Lipinski definition) is 0. The van der Waals surface area contributed by atoms with Gasteiger partial charge in [0.2, 0.25) is 0 Å². The SMILES string of the molecule is Cc1cc2c(cc1OCc1ccccc1)C(I)=NC2. The molecule has 3 rings (SSSR count). The van der Waals surface area contributed by atoms with E-state index >= 15 is 0 Å². The maximum absolute atomic E-state index is 5.94. The lowest BCUT2D eigenvalue weighted by atomic mass is 10.1. The first-order valence-electron chi connectivity index (χ1n) is 6.24. The highest BCUT2D eigenvalue weighted by atomic mass is 127. The molecule has 1 aliphatic rings. The normalized spacial score (nSPS) is 13.1. The van der Waals surface area contributed by atoms with E-state index < -0.39 is 0 Å². The Balaban J connectivity index is 1.82. The van der Waals surface area contributed by atoms with Gasteiger partial charge in [0.05, 0.1) is 6.54 Å². The van der Waals surface area contributed by atoms with Gasteiger partial charge in [-0.2, -0.15) is 0 Å². The summed E-state index contributed by atoms with van der Waals surface area (Å²) in [6.07, 6.45) is 0. The van der Waals surface area contributed by atoms with Gasteiger partial charge in [-0.05, 0) is 58.3 Å². The topological polar surface area (TPSA) is 21.6 Å². The second-order valence-electron chi connectivity index (χ2n) is 4.66. The number of rotatable bonds is 3. The largest absolute Gasteiger partial charge is 0.489 e. The number of nitrogens with zero attached hydrogens (tertiary/aromatic N) is 1. The second kappa shape index (κ2) is 5.33. The smallest absolute Gasteiger partial charge is 0.123 e. The third-order valence-corrected chi connectivity index (χ3v) is 4.17. The lowest BCUT2D eigenvalue weighted by Gasteiger charge is -2.11. The van der Waals surface area contributed by atoms with Crippen molar-refractivity contribution < 1.29 is 4.74 Å². The Morgan fingerprint density at radius 1 is 1.21 bits per heavy atom. The van der Waals surface area contributed by atoms with Crippen molar-refractivity contribution in [1.29, 1.82) is 0 Å². The van der Waals surface area contributed by atoms with E-state index in [0.717, 1.165) is 16.0 Å². The quantitative estimate of drug-likeness (QED) is 0.747. The highest BCUT2D eigenvalue weighted by molar-refractivity contribution is 14.1. The van der Waals surface area contributed by atoms with Crippen LogP contribution in [0.3, 0.4) is 0 Å². The Kier molecular flexibility index (Phi) is 3.55. The minimum Gasteiger partial charge on any atom is -0.489 e. The fraction of sp³-hybridized carbons (Fsp3) is 0.188. The van der Waals surface area contributed by atoms with Crippen LogP contribution in [0.15, 0.2) is 47.5 Å². The van der Waals surface area contributed by atoms with E-state index in [2.05, 4.69) is 58.8 Å². The molecule has 19 heavy (non-hydrogen) atoms. The van der Waals surface area contributed by atoms with Crippen molar-refractivity contribution >= 4 is 26.3 Å². The summed E-state index contributed by atoms with van der Waals surface area (Å²) in [5, 5.41) is 0. The molecule has 0 aliphatic carbocycles. The summed E-state index contributed by atoms with van der Waals surface area (Å²) >= 11 is 2.29. The number of fused-ring (bicyclic) bond motifs is 1. The molecule has 0 unspecified atom stereocenters. The van der Waals surface area contributed by atoms with Crippen LogP contribution in [0, 0.1) is 6.92 Å². The molecule has 0 spiro atoms. The van der Waals surface area contributed by atoms with Crippen molar-refractivity contribution in [3.8, 4) is 5.75 Å². The number of hydrogen-bond acceptors (Lipinski definition) is 2. The van der Waals surface area contributed by atoms with Gasteiger partial charge in [0.1, 0.15) is 16.1 Å². The number of ether oxygens (including phenoxy) is 1. The maximum Gasteiger partial charge on any atom is 0.123 e. The Labute approximate surface area is 126 Å². The van der Waals surface area contributed by atoms with Crippen LogP contribution in [-0.2, 0) is 13.2 Å². The molecule has 0 saturated carbocycles. The van der Waals surface area contributed by atoms with Gasteiger partial charge in [0.15, 0.2) is 0 Å². The van der Waals surface area contributed by atoms with Crippen LogP contribution in [0.5, 0.6) is 5.75 Å². The summed E-state index contributed by atoms with van der Waals surface area (Å²) in [6, 6.07) is 14.5. The molecule has 1 heterocycles. The van der Waals surface area contributed by atoms with Gasteiger partial charge in [-0.15, -0.1) is 0 Å². The average Bonchev–Trinajstić information content (AvgIpc) is 2.78. The summed E-state index contributed by atoms with van der Waals surface area (Å²) in [6.45, 7) is 3.49. The molecule has 3 heteroatoms. The zero-order chi connectivity index (χ0) is 13.2. The summed E-state index contributed by atoms with van der Waals surface area (Å²) in [7, 11) is 0. The third-order valence-electron chi connectivity index (χ3n) is 3.25. The molecule has 0 aromatic heterocycles. The monoisotopic (exact) mass is 363 g/mol. The van der Waals surface area contributed by atoms with E-state index in [1.165, 1.54) is 22.3 Å². The summed E-state index contributed by atoms with van der Waals surface area (Å²) < 4.78 is 7.02. The molecular formula is C16H14INO. The molecule has 2 nitrogen and oxygen atoms in total. The maximum atomic E-state index is 5.94. The fourth-order valence-electron chi connectivity index (χ4n) is 2.20. The number of benzene rings is 2. The van der Waals surface area contributed by atoms with Crippen LogP contribution >= 0.6 is 22.6 Å². The predicted octanol–water partition coefficient (Wildman–Crippen LogP) is 4.27. The van der Waals surface area contributed by atoms with Gasteiger partial charge in [-0.1, -0.05) is 30.3 Å². The minimum atomic E-state index is 0.605. The van der Waals surface area contributed by atoms with E-state index in [1.54, 1.807) is 0 Å². The highest BCUT2D eigenvalue weighted by Gasteiger charge is 2.16.